The molecule has 0 aromatic heterocycles. The SMILES string of the molecule is O=C(Oc1ccc(/C=N/NC(=O)c2cccc3ccccc23)cc1)c1ccccc1Br. The molecule has 0 heterocycles. The number of nitrogens with zero attached hydrogens (tertiary/aromatic N) is 1. The van der Waals surface area contributed by atoms with Gasteiger partial charge in [0.25, 0.3) is 5.91 Å². The van der Waals surface area contributed by atoms with Crippen LogP contribution in [0, 0.1) is 0 Å². The van der Waals surface area contributed by atoms with Crippen molar-refractivity contribution in [2.75, 3.05) is 0 Å². The fourth-order valence-electron chi connectivity index (χ4n) is 3.06. The van der Waals surface area contributed by atoms with Crippen LogP contribution in [0.5, 0.6) is 5.75 Å². The number of rotatable bonds is 5. The fourth-order valence-corrected chi connectivity index (χ4v) is 3.51. The second-order valence-corrected chi connectivity index (χ2v) is 7.52. The van der Waals surface area contributed by atoms with Crippen molar-refractivity contribution in [3.8, 4) is 5.75 Å². The number of carbonyl (C=O) groups excluding carboxylic acids is 2. The summed E-state index contributed by atoms with van der Waals surface area (Å²) in [6, 6.07) is 27.2. The highest BCUT2D eigenvalue weighted by Gasteiger charge is 2.12. The standard InChI is InChI=1S/C25H17BrN2O3/c26-23-11-4-3-9-22(23)25(30)31-19-14-12-17(13-15-19)16-27-28-24(29)21-10-5-7-18-6-1-2-8-20(18)21/h1-16H,(H,28,29)/b27-16+. The topological polar surface area (TPSA) is 67.8 Å². The molecule has 0 aliphatic rings. The van der Waals surface area contributed by atoms with Crippen molar-refractivity contribution >= 4 is 44.8 Å². The summed E-state index contributed by atoms with van der Waals surface area (Å²) >= 11 is 3.34. The average molecular weight is 473 g/mol. The van der Waals surface area contributed by atoms with Crippen molar-refractivity contribution in [2.45, 2.75) is 0 Å². The first-order valence-corrected chi connectivity index (χ1v) is 10.3. The van der Waals surface area contributed by atoms with E-state index in [1.54, 1.807) is 48.5 Å². The monoisotopic (exact) mass is 472 g/mol. The van der Waals surface area contributed by atoms with E-state index in [0.717, 1.165) is 16.3 Å². The Labute approximate surface area is 187 Å². The van der Waals surface area contributed by atoms with Gasteiger partial charge in [-0.05, 0) is 74.7 Å². The lowest BCUT2D eigenvalue weighted by Gasteiger charge is -2.06. The van der Waals surface area contributed by atoms with E-state index in [2.05, 4.69) is 26.5 Å². The van der Waals surface area contributed by atoms with E-state index in [1.807, 2.05) is 42.5 Å². The molecule has 152 valence electrons. The van der Waals surface area contributed by atoms with Crippen LogP contribution >= 0.6 is 15.9 Å². The first-order chi connectivity index (χ1) is 15.1. The van der Waals surface area contributed by atoms with Crippen molar-refractivity contribution in [2.24, 2.45) is 5.10 Å². The third-order valence-corrected chi connectivity index (χ3v) is 5.29. The van der Waals surface area contributed by atoms with Crippen LogP contribution in [0.3, 0.4) is 0 Å². The van der Waals surface area contributed by atoms with Gasteiger partial charge >= 0.3 is 5.97 Å². The number of hydrogen-bond acceptors (Lipinski definition) is 4. The highest BCUT2D eigenvalue weighted by atomic mass is 79.9. The van der Waals surface area contributed by atoms with Crippen molar-refractivity contribution in [1.82, 2.24) is 5.43 Å². The Morgan fingerprint density at radius 1 is 0.806 bits per heavy atom. The van der Waals surface area contributed by atoms with Gasteiger partial charge in [0.15, 0.2) is 0 Å². The van der Waals surface area contributed by atoms with Crippen molar-refractivity contribution in [3.63, 3.8) is 0 Å². The smallest absolute Gasteiger partial charge is 0.344 e. The average Bonchev–Trinajstić information content (AvgIpc) is 2.80. The summed E-state index contributed by atoms with van der Waals surface area (Å²) in [4.78, 5) is 24.8. The van der Waals surface area contributed by atoms with Gasteiger partial charge in [-0.15, -0.1) is 0 Å². The molecule has 6 heteroatoms. The maximum atomic E-state index is 12.5. The Hall–Kier alpha value is -3.77. The van der Waals surface area contributed by atoms with Crippen molar-refractivity contribution in [1.29, 1.82) is 0 Å². The third kappa shape index (κ3) is 4.87. The molecule has 31 heavy (non-hydrogen) atoms. The second-order valence-electron chi connectivity index (χ2n) is 6.66. The molecule has 0 atom stereocenters. The lowest BCUT2D eigenvalue weighted by atomic mass is 10.0. The van der Waals surface area contributed by atoms with Crippen LogP contribution in [-0.2, 0) is 0 Å². The predicted molar refractivity (Wildman–Crippen MR) is 125 cm³/mol. The molecule has 0 saturated heterocycles. The van der Waals surface area contributed by atoms with Crippen LogP contribution in [0.4, 0.5) is 0 Å². The van der Waals surface area contributed by atoms with E-state index < -0.39 is 5.97 Å². The third-order valence-electron chi connectivity index (χ3n) is 4.60. The van der Waals surface area contributed by atoms with E-state index in [0.29, 0.717) is 21.3 Å². The molecule has 0 aliphatic carbocycles. The number of halogens is 1. The summed E-state index contributed by atoms with van der Waals surface area (Å²) in [5.74, 6) is -0.319. The quantitative estimate of drug-likeness (QED) is 0.178. The molecule has 4 aromatic carbocycles. The van der Waals surface area contributed by atoms with Gasteiger partial charge in [-0.2, -0.15) is 5.10 Å². The minimum Gasteiger partial charge on any atom is -0.423 e. The summed E-state index contributed by atoms with van der Waals surface area (Å²) in [6.07, 6.45) is 1.53. The zero-order valence-electron chi connectivity index (χ0n) is 16.3. The maximum Gasteiger partial charge on any atom is 0.344 e. The molecule has 5 nitrogen and oxygen atoms in total. The van der Waals surface area contributed by atoms with Gasteiger partial charge in [-0.25, -0.2) is 10.2 Å². The molecule has 1 amide bonds. The van der Waals surface area contributed by atoms with Crippen LogP contribution in [0.15, 0.2) is 101 Å². The van der Waals surface area contributed by atoms with Crippen molar-refractivity contribution in [3.05, 3.63) is 112 Å². The van der Waals surface area contributed by atoms with E-state index in [1.165, 1.54) is 6.21 Å². The van der Waals surface area contributed by atoms with E-state index in [9.17, 15) is 9.59 Å². The van der Waals surface area contributed by atoms with Gasteiger partial charge in [0, 0.05) is 10.0 Å². The van der Waals surface area contributed by atoms with Gasteiger partial charge < -0.3 is 4.74 Å². The van der Waals surface area contributed by atoms with Crippen LogP contribution in [0.25, 0.3) is 10.8 Å². The first kappa shape index (κ1) is 20.5. The number of fused-ring (bicyclic) bond motifs is 1. The van der Waals surface area contributed by atoms with Gasteiger partial charge in [-0.3, -0.25) is 4.79 Å². The van der Waals surface area contributed by atoms with E-state index >= 15 is 0 Å². The molecule has 0 unspecified atom stereocenters. The van der Waals surface area contributed by atoms with Crippen LogP contribution < -0.4 is 10.2 Å². The molecule has 0 radical (unpaired) electrons. The molecule has 4 rings (SSSR count). The molecular formula is C25H17BrN2O3. The molecule has 4 aromatic rings. The number of nitrogens with one attached hydrogen (secondary N) is 1. The first-order valence-electron chi connectivity index (χ1n) is 9.50. The summed E-state index contributed by atoms with van der Waals surface area (Å²) in [7, 11) is 0. The van der Waals surface area contributed by atoms with Crippen LogP contribution in [-0.4, -0.2) is 18.1 Å². The Bertz CT molecular complexity index is 1280. The summed E-state index contributed by atoms with van der Waals surface area (Å²) in [5.41, 5.74) is 4.31. The number of carbonyl (C=O) groups is 2. The Balaban J connectivity index is 1.39. The predicted octanol–water partition coefficient (Wildman–Crippen LogP) is 5.59. The Kier molecular flexibility index (Phi) is 6.19. The number of hydrazone groups is 1. The summed E-state index contributed by atoms with van der Waals surface area (Å²) in [6.45, 7) is 0. The normalized spacial score (nSPS) is 10.9. The second kappa shape index (κ2) is 9.36. The minimum absolute atomic E-state index is 0.285. The highest BCUT2D eigenvalue weighted by molar-refractivity contribution is 9.10. The zero-order chi connectivity index (χ0) is 21.6. The number of hydrogen-bond donors (Lipinski definition) is 1. The molecule has 0 saturated carbocycles. The molecule has 0 aliphatic heterocycles. The van der Waals surface area contributed by atoms with Crippen LogP contribution in [0.1, 0.15) is 26.3 Å². The Morgan fingerprint density at radius 3 is 2.29 bits per heavy atom. The number of benzene rings is 4. The summed E-state index contributed by atoms with van der Waals surface area (Å²) in [5, 5.41) is 5.90. The maximum absolute atomic E-state index is 12.5. The summed E-state index contributed by atoms with van der Waals surface area (Å²) < 4.78 is 6.07. The van der Waals surface area contributed by atoms with E-state index in [-0.39, 0.29) is 5.91 Å². The zero-order valence-corrected chi connectivity index (χ0v) is 17.9. The number of ether oxygens (including phenoxy) is 1. The Morgan fingerprint density at radius 2 is 1.48 bits per heavy atom. The van der Waals surface area contributed by atoms with E-state index in [4.69, 9.17) is 4.74 Å². The minimum atomic E-state index is -0.448. The number of amides is 1. The van der Waals surface area contributed by atoms with Gasteiger partial charge in [0.2, 0.25) is 0 Å². The highest BCUT2D eigenvalue weighted by Crippen LogP contribution is 2.20. The molecular weight excluding hydrogens is 456 g/mol. The molecule has 0 spiro atoms. The number of esters is 1. The lowest BCUT2D eigenvalue weighted by Crippen LogP contribution is -2.17. The van der Waals surface area contributed by atoms with Gasteiger partial charge in [0.1, 0.15) is 5.75 Å². The molecule has 0 fully saturated rings. The molecule has 1 N–H and O–H groups in total. The molecule has 0 bridgehead atoms. The van der Waals surface area contributed by atoms with Gasteiger partial charge in [-0.1, -0.05) is 48.5 Å². The van der Waals surface area contributed by atoms with Crippen molar-refractivity contribution < 1.29 is 14.3 Å². The van der Waals surface area contributed by atoms with Gasteiger partial charge in [0.05, 0.1) is 11.8 Å². The van der Waals surface area contributed by atoms with Crippen LogP contribution in [0.2, 0.25) is 0 Å². The fraction of sp³-hybridized carbons (Fsp3) is 0. The largest absolute Gasteiger partial charge is 0.423 e. The lowest BCUT2D eigenvalue weighted by molar-refractivity contribution is 0.0733.